The van der Waals surface area contributed by atoms with Crippen molar-refractivity contribution >= 4 is 27.7 Å². The van der Waals surface area contributed by atoms with E-state index in [0.717, 1.165) is 5.56 Å². The number of aromatic amines is 1. The number of H-pyrrole nitrogens is 1. The molecule has 0 amide bonds. The quantitative estimate of drug-likeness (QED) is 0.0216. The molecule has 0 bridgehead atoms. The maximum Gasteiger partial charge on any atom is 0.508 e. The lowest BCUT2D eigenvalue weighted by Crippen LogP contribution is -2.29. The summed E-state index contributed by atoms with van der Waals surface area (Å²) in [4.78, 5) is 24.8. The Balaban J connectivity index is 1.65. The predicted octanol–water partition coefficient (Wildman–Crippen LogP) is 2.49. The van der Waals surface area contributed by atoms with E-state index in [1.165, 1.54) is 31.6 Å². The number of nitrogens with one attached hydrogen (secondary N) is 2. The highest BCUT2D eigenvalue weighted by Crippen LogP contribution is 2.29. The number of pyridine rings is 2. The predicted molar refractivity (Wildman–Crippen MR) is 182 cm³/mol. The number of carbonyl (C=O) groups is 1. The Morgan fingerprint density at radius 2 is 1.75 bits per heavy atom. The fourth-order valence-corrected chi connectivity index (χ4v) is 4.91. The lowest BCUT2D eigenvalue weighted by atomic mass is 10.2. The second-order valence-corrected chi connectivity index (χ2v) is 11.9. The van der Waals surface area contributed by atoms with Crippen molar-refractivity contribution < 1.29 is 52.1 Å². The van der Waals surface area contributed by atoms with Crippen LogP contribution in [0, 0.1) is 6.92 Å². The van der Waals surface area contributed by atoms with Crippen LogP contribution in [0.3, 0.4) is 0 Å². The first-order valence-corrected chi connectivity index (χ1v) is 16.9. The smallest absolute Gasteiger partial charge is 0.493 e. The molecule has 22 heteroatoms. The van der Waals surface area contributed by atoms with Crippen molar-refractivity contribution in [2.45, 2.75) is 24.8 Å². The van der Waals surface area contributed by atoms with Crippen LogP contribution in [-0.4, -0.2) is 100 Å². The molecule has 0 saturated carbocycles. The van der Waals surface area contributed by atoms with Gasteiger partial charge in [-0.15, -0.1) is 14.6 Å². The van der Waals surface area contributed by atoms with Crippen molar-refractivity contribution in [3.63, 3.8) is 0 Å². The van der Waals surface area contributed by atoms with Crippen molar-refractivity contribution in [2.75, 3.05) is 33.5 Å². The third-order valence-electron chi connectivity index (χ3n) is 6.55. The molecule has 4 rings (SSSR count). The average molecular weight is 757 g/mol. The summed E-state index contributed by atoms with van der Waals surface area (Å²) in [7, 11) is -3.08. The minimum Gasteiger partial charge on any atom is -0.493 e. The molecule has 53 heavy (non-hydrogen) atoms. The van der Waals surface area contributed by atoms with Gasteiger partial charge in [-0.1, -0.05) is 24.8 Å². The molecule has 0 atom stereocenters. The lowest BCUT2D eigenvalue weighted by Gasteiger charge is -2.20. The van der Waals surface area contributed by atoms with E-state index in [-0.39, 0.29) is 60.4 Å². The number of tetrazole rings is 1. The average Bonchev–Trinajstić information content (AvgIpc) is 3.69. The Hall–Kier alpha value is -6.20. The number of nitrogens with zero attached hydrogens (tertiary/aromatic N) is 7. The molecule has 4 aromatic rings. The number of hydrogen-bond donors (Lipinski definition) is 5. The number of benzene rings is 1. The number of aromatic nitrogens is 6. The Morgan fingerprint density at radius 1 is 1.02 bits per heavy atom. The molecule has 0 aliphatic rings. The molecule has 1 aromatic carbocycles. The maximum absolute atomic E-state index is 13.3. The van der Waals surface area contributed by atoms with Crippen LogP contribution in [0.5, 0.6) is 11.5 Å². The first kappa shape index (κ1) is 39.6. The summed E-state index contributed by atoms with van der Waals surface area (Å²) < 4.78 is 58.0. The van der Waals surface area contributed by atoms with Crippen molar-refractivity contribution in [1.82, 2.24) is 41.3 Å². The topological polar surface area (TPSA) is 281 Å². The van der Waals surface area contributed by atoms with Gasteiger partial charge in [-0.3, -0.25) is 20.2 Å². The standard InChI is InChI=1S/C31H36N10O11S/c1-20-10-11-26(34-19-20)53(45,46)38-28(32)27(52-25-9-5-4-8-24(25)47-3)30(48-16-17-50-31(42)49-14-6-7-15-51-41(43)44)35-21(2)22-12-13-33-23(18-22)29-36-39-40-37-29/h4-5,8-13,18-19,35,43-44H,2,6-7,14-17H2,1,3H3,(H2,32,38)(H,36,37,39,40). The third-order valence-corrected chi connectivity index (χ3v) is 7.76. The number of hydrogen-bond acceptors (Lipinski definition) is 18. The van der Waals surface area contributed by atoms with Gasteiger partial charge in [0.05, 0.1) is 25.7 Å². The molecular weight excluding hydrogens is 720 g/mol. The normalized spacial score (nSPS) is 12.1. The van der Waals surface area contributed by atoms with Crippen LogP contribution in [0.1, 0.15) is 24.0 Å². The number of methoxy groups -OCH3 is 1. The maximum atomic E-state index is 13.3. The summed E-state index contributed by atoms with van der Waals surface area (Å²) in [5.41, 5.74) is 8.06. The van der Waals surface area contributed by atoms with Crippen LogP contribution < -0.4 is 20.5 Å². The van der Waals surface area contributed by atoms with E-state index in [4.69, 9.17) is 39.8 Å². The molecule has 3 heterocycles. The second kappa shape index (κ2) is 19.4. The Labute approximate surface area is 302 Å². The monoisotopic (exact) mass is 756 g/mol. The van der Waals surface area contributed by atoms with Crippen LogP contribution in [-0.2, 0) is 29.1 Å². The largest absolute Gasteiger partial charge is 0.508 e. The van der Waals surface area contributed by atoms with Gasteiger partial charge in [-0.25, -0.2) is 9.78 Å². The van der Waals surface area contributed by atoms with Gasteiger partial charge < -0.3 is 34.7 Å². The van der Waals surface area contributed by atoms with Gasteiger partial charge in [-0.2, -0.15) is 13.6 Å². The van der Waals surface area contributed by atoms with E-state index in [1.54, 1.807) is 43.3 Å². The van der Waals surface area contributed by atoms with E-state index < -0.39 is 33.2 Å². The zero-order valence-electron chi connectivity index (χ0n) is 28.4. The molecule has 6 N–H and O–H groups in total. The molecule has 0 spiro atoms. The zero-order valence-corrected chi connectivity index (χ0v) is 29.2. The van der Waals surface area contributed by atoms with Gasteiger partial charge in [0, 0.05) is 23.7 Å². The summed E-state index contributed by atoms with van der Waals surface area (Å²) in [6.45, 7) is 5.04. The van der Waals surface area contributed by atoms with Gasteiger partial charge in [-0.05, 0) is 60.9 Å². The molecule has 0 radical (unpaired) electrons. The molecule has 21 nitrogen and oxygen atoms in total. The summed E-state index contributed by atoms with van der Waals surface area (Å²) in [6.07, 6.45) is 2.50. The van der Waals surface area contributed by atoms with E-state index >= 15 is 0 Å². The van der Waals surface area contributed by atoms with Gasteiger partial charge in [0.15, 0.2) is 22.4 Å². The molecule has 0 unspecified atom stereocenters. The number of aryl methyl sites for hydroxylation is 1. The van der Waals surface area contributed by atoms with E-state index in [0.29, 0.717) is 24.1 Å². The minimum absolute atomic E-state index is 0.0287. The SMILES string of the molecule is C=C(NC(OCCOC(=O)OCCCCON(O)O)=C(Oc1ccccc1OC)C(N)=NS(=O)(=O)c1ccc(C)cn1)c1ccnc(-c2nn[nH]n2)c1. The summed E-state index contributed by atoms with van der Waals surface area (Å²) >= 11 is 0. The number of unbranched alkanes of at least 4 members (excludes halogenated alkanes) is 1. The zero-order chi connectivity index (χ0) is 38.2. The van der Waals surface area contributed by atoms with Crippen LogP contribution in [0.2, 0.25) is 0 Å². The second-order valence-electron chi connectivity index (χ2n) is 10.4. The van der Waals surface area contributed by atoms with Gasteiger partial charge in [0.1, 0.15) is 18.9 Å². The number of ether oxygens (including phenoxy) is 5. The number of rotatable bonds is 20. The van der Waals surface area contributed by atoms with Crippen LogP contribution in [0.15, 0.2) is 88.6 Å². The van der Waals surface area contributed by atoms with Crippen molar-refractivity contribution in [3.05, 3.63) is 90.3 Å². The summed E-state index contributed by atoms with van der Waals surface area (Å²) in [5.74, 6) is -0.829. The first-order chi connectivity index (χ1) is 25.5. The van der Waals surface area contributed by atoms with Crippen LogP contribution in [0.25, 0.3) is 17.2 Å². The number of para-hydroxylation sites is 2. The minimum atomic E-state index is -4.48. The molecule has 0 aliphatic carbocycles. The highest BCUT2D eigenvalue weighted by atomic mass is 32.2. The molecule has 0 aliphatic heterocycles. The van der Waals surface area contributed by atoms with Crippen LogP contribution >= 0.6 is 0 Å². The molecular formula is C31H36N10O11S. The fourth-order valence-electron chi connectivity index (χ4n) is 4.05. The van der Waals surface area contributed by atoms with E-state index in [1.807, 2.05) is 0 Å². The molecule has 3 aromatic heterocycles. The highest BCUT2D eigenvalue weighted by molar-refractivity contribution is 7.90. The van der Waals surface area contributed by atoms with E-state index in [9.17, 15) is 13.2 Å². The van der Waals surface area contributed by atoms with Gasteiger partial charge in [0.25, 0.3) is 0 Å². The van der Waals surface area contributed by atoms with Crippen molar-refractivity contribution in [2.24, 2.45) is 10.1 Å². The summed E-state index contributed by atoms with van der Waals surface area (Å²) in [5, 5.41) is 33.0. The first-order valence-electron chi connectivity index (χ1n) is 15.4. The number of sulfonamides is 1. The van der Waals surface area contributed by atoms with Gasteiger partial charge >= 0.3 is 16.2 Å². The molecule has 282 valence electrons. The molecule has 0 saturated heterocycles. The Morgan fingerprint density at radius 3 is 2.45 bits per heavy atom. The fraction of sp³-hybridized carbons (Fsp3) is 0.258. The highest BCUT2D eigenvalue weighted by Gasteiger charge is 2.24. The molecule has 0 fully saturated rings. The number of nitrogens with two attached hydrogens (primary N) is 1. The Bertz CT molecular complexity index is 1990. The van der Waals surface area contributed by atoms with E-state index in [2.05, 4.69) is 51.7 Å². The van der Waals surface area contributed by atoms with Crippen LogP contribution in [0.4, 0.5) is 4.79 Å². The van der Waals surface area contributed by atoms with Crippen molar-refractivity contribution in [3.8, 4) is 23.0 Å². The van der Waals surface area contributed by atoms with Gasteiger partial charge in [0.2, 0.25) is 17.5 Å². The number of carbonyl (C=O) groups excluding carboxylic acids is 1. The summed E-state index contributed by atoms with van der Waals surface area (Å²) in [6, 6.07) is 12.5. The number of amidine groups is 1. The lowest BCUT2D eigenvalue weighted by molar-refractivity contribution is -0.492. The Kier molecular flexibility index (Phi) is 14.5. The van der Waals surface area contributed by atoms with Crippen molar-refractivity contribution in [1.29, 1.82) is 0 Å². The third kappa shape index (κ3) is 12.2.